The Morgan fingerprint density at radius 3 is 2.38 bits per heavy atom. The maximum atomic E-state index is 12.9. The molecule has 1 fully saturated rings. The van der Waals surface area contributed by atoms with E-state index in [2.05, 4.69) is 25.2 Å². The van der Waals surface area contributed by atoms with E-state index >= 15 is 0 Å². The number of benzene rings is 1. The summed E-state index contributed by atoms with van der Waals surface area (Å²) in [7, 11) is -3.64. The molecule has 0 spiro atoms. The van der Waals surface area contributed by atoms with Crippen LogP contribution in [0, 0.1) is 6.92 Å². The molecule has 1 N–H and O–H groups in total. The Labute approximate surface area is 168 Å². The number of nitrogens with zero attached hydrogens (tertiary/aromatic N) is 5. The van der Waals surface area contributed by atoms with Gasteiger partial charge in [0, 0.05) is 25.5 Å². The molecule has 0 saturated carbocycles. The summed E-state index contributed by atoms with van der Waals surface area (Å²) in [5, 5.41) is 2.38. The number of aryl methyl sites for hydroxylation is 1. The number of sulfone groups is 1. The molecule has 0 bridgehead atoms. The lowest BCUT2D eigenvalue weighted by Crippen LogP contribution is -2.24. The highest BCUT2D eigenvalue weighted by atomic mass is 32.2. The zero-order valence-corrected chi connectivity index (χ0v) is 16.9. The first-order valence-electron chi connectivity index (χ1n) is 9.20. The van der Waals surface area contributed by atoms with Crippen LogP contribution in [-0.2, 0) is 9.84 Å². The quantitative estimate of drug-likeness (QED) is 0.646. The zero-order chi connectivity index (χ0) is 20.6. The lowest BCUT2D eigenvalue weighted by molar-refractivity contribution is 0.102. The predicted octanol–water partition coefficient (Wildman–Crippen LogP) is 1.98. The van der Waals surface area contributed by atoms with Gasteiger partial charge in [-0.25, -0.2) is 28.4 Å². The van der Waals surface area contributed by atoms with E-state index in [0.29, 0.717) is 22.7 Å². The minimum absolute atomic E-state index is 0.0113. The maximum Gasteiger partial charge on any atom is 0.275 e. The standard InChI is InChI=1S/C19H20N6O3S/c1-12-11-20-19(29(2,27)28)23-15(12)18(26)24-16-17(25-9-5-6-10-25)22-14-8-4-3-7-13(14)21-16/h3-4,7-8,11H,5-6,9-10H2,1-2H3,(H,21,24,26). The van der Waals surface area contributed by atoms with Gasteiger partial charge in [0.2, 0.25) is 15.0 Å². The summed E-state index contributed by atoms with van der Waals surface area (Å²) >= 11 is 0. The van der Waals surface area contributed by atoms with Gasteiger partial charge in [-0.3, -0.25) is 4.79 Å². The van der Waals surface area contributed by atoms with Gasteiger partial charge in [0.15, 0.2) is 11.6 Å². The number of aromatic nitrogens is 4. The molecule has 0 unspecified atom stereocenters. The third kappa shape index (κ3) is 3.88. The molecule has 0 atom stereocenters. The van der Waals surface area contributed by atoms with Gasteiger partial charge in [0.25, 0.3) is 5.91 Å². The molecule has 150 valence electrons. The van der Waals surface area contributed by atoms with Crippen LogP contribution in [0.4, 0.5) is 11.6 Å². The van der Waals surface area contributed by atoms with Gasteiger partial charge in [-0.05, 0) is 37.5 Å². The number of hydrogen-bond acceptors (Lipinski definition) is 8. The monoisotopic (exact) mass is 412 g/mol. The number of amides is 1. The van der Waals surface area contributed by atoms with Crippen molar-refractivity contribution in [2.75, 3.05) is 29.6 Å². The number of fused-ring (bicyclic) bond motifs is 1. The molecule has 1 aliphatic heterocycles. The fourth-order valence-corrected chi connectivity index (χ4v) is 3.73. The summed E-state index contributed by atoms with van der Waals surface area (Å²) in [4.78, 5) is 32.1. The number of rotatable bonds is 4. The number of carbonyl (C=O) groups excluding carboxylic acids is 1. The fourth-order valence-electron chi connectivity index (χ4n) is 3.23. The highest BCUT2D eigenvalue weighted by Crippen LogP contribution is 2.28. The smallest absolute Gasteiger partial charge is 0.275 e. The maximum absolute atomic E-state index is 12.9. The molecular formula is C19H20N6O3S. The van der Waals surface area contributed by atoms with Gasteiger partial charge in [-0.1, -0.05) is 12.1 Å². The van der Waals surface area contributed by atoms with E-state index in [1.54, 1.807) is 6.92 Å². The first-order valence-corrected chi connectivity index (χ1v) is 11.1. The molecule has 1 saturated heterocycles. The summed E-state index contributed by atoms with van der Waals surface area (Å²) in [6.45, 7) is 3.32. The van der Waals surface area contributed by atoms with Crippen LogP contribution >= 0.6 is 0 Å². The molecule has 1 aromatic carbocycles. The Bertz CT molecular complexity index is 1210. The van der Waals surface area contributed by atoms with Crippen molar-refractivity contribution >= 4 is 38.4 Å². The second-order valence-electron chi connectivity index (χ2n) is 6.99. The number of nitrogens with one attached hydrogen (secondary N) is 1. The van der Waals surface area contributed by atoms with Crippen molar-refractivity contribution in [3.05, 3.63) is 41.7 Å². The Kier molecular flexibility index (Phi) is 4.87. The normalized spacial score (nSPS) is 14.3. The van der Waals surface area contributed by atoms with E-state index in [4.69, 9.17) is 4.98 Å². The van der Waals surface area contributed by atoms with Crippen molar-refractivity contribution in [3.63, 3.8) is 0 Å². The van der Waals surface area contributed by atoms with Crippen LogP contribution in [-0.4, -0.2) is 53.6 Å². The highest BCUT2D eigenvalue weighted by molar-refractivity contribution is 7.90. The molecule has 2 aromatic heterocycles. The van der Waals surface area contributed by atoms with Gasteiger partial charge in [0.05, 0.1) is 11.0 Å². The Morgan fingerprint density at radius 2 is 1.72 bits per heavy atom. The van der Waals surface area contributed by atoms with Gasteiger partial charge in [0.1, 0.15) is 5.69 Å². The van der Waals surface area contributed by atoms with Crippen LogP contribution in [0.3, 0.4) is 0 Å². The minimum atomic E-state index is -3.64. The summed E-state index contributed by atoms with van der Waals surface area (Å²) in [6, 6.07) is 7.44. The van der Waals surface area contributed by atoms with E-state index < -0.39 is 20.9 Å². The SMILES string of the molecule is Cc1cnc(S(C)(=O)=O)nc1C(=O)Nc1nc2ccccc2nc1N1CCCC1. The van der Waals surface area contributed by atoms with Crippen molar-refractivity contribution in [3.8, 4) is 0 Å². The second kappa shape index (κ2) is 7.36. The Balaban J connectivity index is 1.75. The lowest BCUT2D eigenvalue weighted by atomic mass is 10.2. The molecule has 0 radical (unpaired) electrons. The van der Waals surface area contributed by atoms with Gasteiger partial charge in [-0.15, -0.1) is 0 Å². The third-order valence-electron chi connectivity index (χ3n) is 4.69. The molecule has 4 rings (SSSR count). The van der Waals surface area contributed by atoms with Crippen LogP contribution in [0.5, 0.6) is 0 Å². The first-order chi connectivity index (χ1) is 13.8. The van der Waals surface area contributed by atoms with Crippen molar-refractivity contribution in [1.29, 1.82) is 0 Å². The van der Waals surface area contributed by atoms with Crippen LogP contribution < -0.4 is 10.2 Å². The minimum Gasteiger partial charge on any atom is -0.354 e. The summed E-state index contributed by atoms with van der Waals surface area (Å²) in [5.74, 6) is 0.374. The van der Waals surface area contributed by atoms with Crippen molar-refractivity contribution in [2.24, 2.45) is 0 Å². The number of carbonyl (C=O) groups is 1. The number of anilines is 2. The molecular weight excluding hydrogens is 392 g/mol. The topological polar surface area (TPSA) is 118 Å². The second-order valence-corrected chi connectivity index (χ2v) is 8.90. The Morgan fingerprint density at radius 1 is 1.07 bits per heavy atom. The molecule has 1 aliphatic rings. The molecule has 9 nitrogen and oxygen atoms in total. The van der Waals surface area contributed by atoms with Gasteiger partial charge < -0.3 is 10.2 Å². The lowest BCUT2D eigenvalue weighted by Gasteiger charge is -2.20. The van der Waals surface area contributed by atoms with E-state index in [-0.39, 0.29) is 5.69 Å². The highest BCUT2D eigenvalue weighted by Gasteiger charge is 2.23. The van der Waals surface area contributed by atoms with Gasteiger partial charge in [-0.2, -0.15) is 0 Å². The van der Waals surface area contributed by atoms with Crippen molar-refractivity contribution in [1.82, 2.24) is 19.9 Å². The molecule has 3 aromatic rings. The summed E-state index contributed by atoms with van der Waals surface area (Å²) in [6.07, 6.45) is 4.42. The Hall–Kier alpha value is -3.14. The zero-order valence-electron chi connectivity index (χ0n) is 16.1. The molecule has 29 heavy (non-hydrogen) atoms. The number of hydrogen-bond donors (Lipinski definition) is 1. The van der Waals surface area contributed by atoms with Crippen molar-refractivity contribution in [2.45, 2.75) is 24.9 Å². The average molecular weight is 412 g/mol. The van der Waals surface area contributed by atoms with Crippen LogP contribution in [0.2, 0.25) is 0 Å². The fraction of sp³-hybridized carbons (Fsp3) is 0.316. The average Bonchev–Trinajstić information content (AvgIpc) is 3.21. The van der Waals surface area contributed by atoms with E-state index in [9.17, 15) is 13.2 Å². The van der Waals surface area contributed by atoms with Crippen LogP contribution in [0.1, 0.15) is 28.9 Å². The molecule has 10 heteroatoms. The molecule has 0 aliphatic carbocycles. The van der Waals surface area contributed by atoms with Crippen LogP contribution in [0.15, 0.2) is 35.6 Å². The third-order valence-corrected chi connectivity index (χ3v) is 5.55. The van der Waals surface area contributed by atoms with Gasteiger partial charge >= 0.3 is 0 Å². The first kappa shape index (κ1) is 19.2. The largest absolute Gasteiger partial charge is 0.354 e. The van der Waals surface area contributed by atoms with E-state index in [1.165, 1.54) is 6.20 Å². The van der Waals surface area contributed by atoms with E-state index in [0.717, 1.165) is 37.7 Å². The molecule has 1 amide bonds. The summed E-state index contributed by atoms with van der Waals surface area (Å²) < 4.78 is 23.5. The van der Waals surface area contributed by atoms with E-state index in [1.807, 2.05) is 24.3 Å². The predicted molar refractivity (Wildman–Crippen MR) is 109 cm³/mol. The summed E-state index contributed by atoms with van der Waals surface area (Å²) in [5.41, 5.74) is 1.85. The number of para-hydroxylation sites is 2. The van der Waals surface area contributed by atoms with Crippen LogP contribution in [0.25, 0.3) is 11.0 Å². The molecule has 3 heterocycles. The van der Waals surface area contributed by atoms with Crippen molar-refractivity contribution < 1.29 is 13.2 Å².